The van der Waals surface area contributed by atoms with Crippen LogP contribution in [0.25, 0.3) is 0 Å². The van der Waals surface area contributed by atoms with Crippen LogP contribution in [0.15, 0.2) is 18.2 Å². The molecular weight excluding hydrogens is 252 g/mol. The molecule has 0 atom stereocenters. The number of hydrogen-bond acceptors (Lipinski definition) is 2. The van der Waals surface area contributed by atoms with E-state index in [2.05, 4.69) is 5.32 Å². The summed E-state index contributed by atoms with van der Waals surface area (Å²) in [5.41, 5.74) is -0.791. The minimum Gasteiger partial charge on any atom is -0.396 e. The maximum Gasteiger partial charge on any atom is 0.257 e. The van der Waals surface area contributed by atoms with Gasteiger partial charge in [0, 0.05) is 13.2 Å². The van der Waals surface area contributed by atoms with Crippen LogP contribution in [-0.4, -0.2) is 24.2 Å². The number of carbonyl (C=O) groups excluding carboxylic acids is 1. The van der Waals surface area contributed by atoms with Crippen LogP contribution in [0, 0.1) is 17.0 Å². The van der Waals surface area contributed by atoms with Crippen molar-refractivity contribution in [3.63, 3.8) is 0 Å². The van der Waals surface area contributed by atoms with E-state index in [0.717, 1.165) is 12.1 Å². The minimum absolute atomic E-state index is 0.0827. The summed E-state index contributed by atoms with van der Waals surface area (Å²) in [5, 5.41) is 11.3. The first kappa shape index (κ1) is 15.6. The van der Waals surface area contributed by atoms with Gasteiger partial charge in [0.05, 0.1) is 0 Å². The number of benzene rings is 1. The highest BCUT2D eigenvalue weighted by Gasteiger charge is 2.21. The number of hydrogen-bond donors (Lipinski definition) is 2. The summed E-state index contributed by atoms with van der Waals surface area (Å²) >= 11 is 0. The molecule has 0 bridgehead atoms. The highest BCUT2D eigenvalue weighted by Crippen LogP contribution is 2.21. The Morgan fingerprint density at radius 3 is 2.42 bits per heavy atom. The third-order valence-electron chi connectivity index (χ3n) is 2.93. The molecule has 2 N–H and O–H groups in total. The summed E-state index contributed by atoms with van der Waals surface area (Å²) in [6.45, 7) is 4.21. The monoisotopic (exact) mass is 271 g/mol. The predicted octanol–water partition coefficient (Wildman–Crippen LogP) is 2.49. The number of rotatable bonds is 6. The molecule has 0 aromatic heterocycles. The molecule has 1 amide bonds. The fraction of sp³-hybridized carbons (Fsp3) is 0.500. The van der Waals surface area contributed by atoms with Crippen molar-refractivity contribution >= 4 is 5.91 Å². The number of aliphatic hydroxyl groups is 1. The smallest absolute Gasteiger partial charge is 0.257 e. The average Bonchev–Trinajstić information content (AvgIpc) is 2.34. The van der Waals surface area contributed by atoms with Crippen LogP contribution in [0.5, 0.6) is 0 Å². The fourth-order valence-corrected chi connectivity index (χ4v) is 1.77. The average molecular weight is 271 g/mol. The lowest BCUT2D eigenvalue weighted by Gasteiger charge is -2.24. The van der Waals surface area contributed by atoms with Crippen LogP contribution in [0.4, 0.5) is 8.78 Å². The van der Waals surface area contributed by atoms with Gasteiger partial charge in [-0.25, -0.2) is 8.78 Å². The minimum atomic E-state index is -0.870. The second-order valence-corrected chi connectivity index (χ2v) is 5.27. The lowest BCUT2D eigenvalue weighted by atomic mass is 9.88. The largest absolute Gasteiger partial charge is 0.396 e. The highest BCUT2D eigenvalue weighted by molar-refractivity contribution is 5.94. The molecule has 1 aromatic rings. The Hall–Kier alpha value is -1.49. The summed E-state index contributed by atoms with van der Waals surface area (Å²) in [4.78, 5) is 11.8. The van der Waals surface area contributed by atoms with Gasteiger partial charge >= 0.3 is 0 Å². The lowest BCUT2D eigenvalue weighted by molar-refractivity contribution is 0.0924. The van der Waals surface area contributed by atoms with Crippen molar-refractivity contribution in [3.05, 3.63) is 35.4 Å². The van der Waals surface area contributed by atoms with Crippen molar-refractivity contribution in [2.45, 2.75) is 26.7 Å². The van der Waals surface area contributed by atoms with Gasteiger partial charge in [0.1, 0.15) is 17.2 Å². The van der Waals surface area contributed by atoms with Gasteiger partial charge < -0.3 is 10.4 Å². The molecule has 3 nitrogen and oxygen atoms in total. The van der Waals surface area contributed by atoms with Gasteiger partial charge in [0.2, 0.25) is 0 Å². The first-order valence-corrected chi connectivity index (χ1v) is 6.20. The number of carbonyl (C=O) groups is 1. The molecule has 5 heteroatoms. The number of nitrogens with one attached hydrogen (secondary N) is 1. The van der Waals surface area contributed by atoms with Gasteiger partial charge in [-0.2, -0.15) is 0 Å². The second kappa shape index (κ2) is 6.61. The Labute approximate surface area is 111 Å². The van der Waals surface area contributed by atoms with Gasteiger partial charge in [-0.15, -0.1) is 0 Å². The molecule has 0 fully saturated rings. The van der Waals surface area contributed by atoms with E-state index in [4.69, 9.17) is 5.11 Å². The molecule has 0 heterocycles. The predicted molar refractivity (Wildman–Crippen MR) is 68.8 cm³/mol. The summed E-state index contributed by atoms with van der Waals surface area (Å²) in [6.07, 6.45) is 1.33. The van der Waals surface area contributed by atoms with Crippen molar-refractivity contribution < 1.29 is 18.7 Å². The van der Waals surface area contributed by atoms with Gasteiger partial charge in [-0.3, -0.25) is 4.79 Å². The van der Waals surface area contributed by atoms with Crippen molar-refractivity contribution in [1.82, 2.24) is 5.32 Å². The Balaban J connectivity index is 2.66. The van der Waals surface area contributed by atoms with E-state index in [-0.39, 0.29) is 12.0 Å². The number of halogens is 2. The third-order valence-corrected chi connectivity index (χ3v) is 2.93. The van der Waals surface area contributed by atoms with Gasteiger partial charge in [0.25, 0.3) is 5.91 Å². The Bertz CT molecular complexity index is 427. The SMILES string of the molecule is CC(C)(CCCO)CNC(=O)c1c(F)cccc1F. The van der Waals surface area contributed by atoms with Gasteiger partial charge in [0.15, 0.2) is 0 Å². The fourth-order valence-electron chi connectivity index (χ4n) is 1.77. The Kier molecular flexibility index (Phi) is 5.42. The van der Waals surface area contributed by atoms with E-state index in [0.29, 0.717) is 19.4 Å². The van der Waals surface area contributed by atoms with Crippen molar-refractivity contribution in [1.29, 1.82) is 0 Å². The second-order valence-electron chi connectivity index (χ2n) is 5.27. The molecular formula is C14H19F2NO2. The molecule has 0 aliphatic rings. The summed E-state index contributed by atoms with van der Waals surface area (Å²) in [7, 11) is 0. The van der Waals surface area contributed by atoms with Gasteiger partial charge in [-0.1, -0.05) is 19.9 Å². The molecule has 0 spiro atoms. The van der Waals surface area contributed by atoms with Crippen molar-refractivity contribution in [3.8, 4) is 0 Å². The lowest BCUT2D eigenvalue weighted by Crippen LogP contribution is -2.35. The summed E-state index contributed by atoms with van der Waals surface area (Å²) in [5.74, 6) is -2.50. The third kappa shape index (κ3) is 4.59. The molecule has 0 unspecified atom stereocenters. The highest BCUT2D eigenvalue weighted by atomic mass is 19.1. The van der Waals surface area contributed by atoms with Crippen LogP contribution in [0.1, 0.15) is 37.0 Å². The number of aliphatic hydroxyl groups excluding tert-OH is 1. The topological polar surface area (TPSA) is 49.3 Å². The summed E-state index contributed by atoms with van der Waals surface area (Å²) < 4.78 is 26.8. The Morgan fingerprint density at radius 1 is 1.32 bits per heavy atom. The molecule has 1 aromatic carbocycles. The van der Waals surface area contributed by atoms with Crippen LogP contribution in [0.2, 0.25) is 0 Å². The molecule has 106 valence electrons. The first-order chi connectivity index (χ1) is 8.87. The molecule has 0 saturated carbocycles. The maximum atomic E-state index is 13.4. The van der Waals surface area contributed by atoms with E-state index in [1.54, 1.807) is 0 Å². The maximum absolute atomic E-state index is 13.4. The first-order valence-electron chi connectivity index (χ1n) is 6.20. The molecule has 0 aliphatic heterocycles. The normalized spacial score (nSPS) is 11.4. The van der Waals surface area contributed by atoms with Crippen LogP contribution in [0.3, 0.4) is 0 Å². The number of amides is 1. The standard InChI is InChI=1S/C14H19F2NO2/c1-14(2,7-4-8-18)9-17-13(19)12-10(15)5-3-6-11(12)16/h3,5-6,18H,4,7-9H2,1-2H3,(H,17,19). The van der Waals surface area contributed by atoms with E-state index >= 15 is 0 Å². The van der Waals surface area contributed by atoms with E-state index in [1.807, 2.05) is 13.8 Å². The molecule has 1 rings (SSSR count). The zero-order chi connectivity index (χ0) is 14.5. The summed E-state index contributed by atoms with van der Waals surface area (Å²) in [6, 6.07) is 3.32. The Morgan fingerprint density at radius 2 is 1.89 bits per heavy atom. The quantitative estimate of drug-likeness (QED) is 0.835. The van der Waals surface area contributed by atoms with Crippen molar-refractivity contribution in [2.75, 3.05) is 13.2 Å². The van der Waals surface area contributed by atoms with Crippen LogP contribution in [-0.2, 0) is 0 Å². The van der Waals surface area contributed by atoms with E-state index in [1.165, 1.54) is 6.07 Å². The van der Waals surface area contributed by atoms with E-state index < -0.39 is 23.1 Å². The van der Waals surface area contributed by atoms with Gasteiger partial charge in [-0.05, 0) is 30.4 Å². The zero-order valence-corrected chi connectivity index (χ0v) is 11.2. The van der Waals surface area contributed by atoms with Crippen LogP contribution >= 0.6 is 0 Å². The van der Waals surface area contributed by atoms with E-state index in [9.17, 15) is 13.6 Å². The molecule has 0 saturated heterocycles. The van der Waals surface area contributed by atoms with Crippen molar-refractivity contribution in [2.24, 2.45) is 5.41 Å². The molecule has 19 heavy (non-hydrogen) atoms. The molecule has 0 radical (unpaired) electrons. The molecule has 0 aliphatic carbocycles. The zero-order valence-electron chi connectivity index (χ0n) is 11.2. The van der Waals surface area contributed by atoms with Crippen LogP contribution < -0.4 is 5.32 Å².